The molecule has 0 aromatic rings. The SMILES string of the molecule is CCC(N)CSCC(C)OC. The molecule has 0 fully saturated rings. The minimum atomic E-state index is 0.351. The third kappa shape index (κ3) is 6.66. The number of nitrogens with two attached hydrogens (primary N) is 1. The van der Waals surface area contributed by atoms with Crippen LogP contribution in [0.15, 0.2) is 0 Å². The fourth-order valence-corrected chi connectivity index (χ4v) is 1.71. The van der Waals surface area contributed by atoms with E-state index in [4.69, 9.17) is 10.5 Å². The van der Waals surface area contributed by atoms with Gasteiger partial charge in [0.15, 0.2) is 0 Å². The maximum atomic E-state index is 5.74. The Morgan fingerprint density at radius 1 is 1.45 bits per heavy atom. The smallest absolute Gasteiger partial charge is 0.0633 e. The Labute approximate surface area is 73.9 Å². The Bertz CT molecular complexity index is 80.2. The van der Waals surface area contributed by atoms with Gasteiger partial charge in [0.05, 0.1) is 6.10 Å². The number of ether oxygens (including phenoxy) is 1. The third-order valence-electron chi connectivity index (χ3n) is 1.61. The van der Waals surface area contributed by atoms with Gasteiger partial charge < -0.3 is 10.5 Å². The fourth-order valence-electron chi connectivity index (χ4n) is 0.571. The van der Waals surface area contributed by atoms with Crippen LogP contribution in [-0.4, -0.2) is 30.8 Å². The molecule has 2 unspecified atom stereocenters. The van der Waals surface area contributed by atoms with E-state index in [1.54, 1.807) is 7.11 Å². The first-order valence-corrected chi connectivity index (χ1v) is 5.22. The lowest BCUT2D eigenvalue weighted by Gasteiger charge is -2.11. The Morgan fingerprint density at radius 2 is 2.09 bits per heavy atom. The molecular formula is C8H19NOS. The Hall–Kier alpha value is 0.270. The van der Waals surface area contributed by atoms with E-state index >= 15 is 0 Å². The van der Waals surface area contributed by atoms with Gasteiger partial charge in [0.1, 0.15) is 0 Å². The van der Waals surface area contributed by atoms with Crippen LogP contribution in [0.1, 0.15) is 20.3 Å². The second-order valence-electron chi connectivity index (χ2n) is 2.75. The summed E-state index contributed by atoms with van der Waals surface area (Å²) in [6.45, 7) is 4.19. The molecule has 0 bridgehead atoms. The molecule has 3 heteroatoms. The van der Waals surface area contributed by atoms with Gasteiger partial charge in [-0.1, -0.05) is 6.92 Å². The molecule has 68 valence electrons. The Morgan fingerprint density at radius 3 is 2.55 bits per heavy atom. The summed E-state index contributed by atoms with van der Waals surface area (Å²) >= 11 is 1.87. The largest absolute Gasteiger partial charge is 0.381 e. The molecule has 0 saturated carbocycles. The highest BCUT2D eigenvalue weighted by Gasteiger charge is 2.02. The molecule has 2 atom stereocenters. The van der Waals surface area contributed by atoms with Crippen LogP contribution in [0.25, 0.3) is 0 Å². The lowest BCUT2D eigenvalue weighted by Crippen LogP contribution is -2.22. The van der Waals surface area contributed by atoms with Gasteiger partial charge in [0.25, 0.3) is 0 Å². The number of methoxy groups -OCH3 is 1. The zero-order valence-electron chi connectivity index (χ0n) is 7.67. The van der Waals surface area contributed by atoms with Crippen molar-refractivity contribution in [1.82, 2.24) is 0 Å². The monoisotopic (exact) mass is 177 g/mol. The van der Waals surface area contributed by atoms with E-state index in [2.05, 4.69) is 13.8 Å². The van der Waals surface area contributed by atoms with Crippen molar-refractivity contribution in [3.8, 4) is 0 Å². The quantitative estimate of drug-likeness (QED) is 0.667. The molecular weight excluding hydrogens is 158 g/mol. The first-order chi connectivity index (χ1) is 5.20. The van der Waals surface area contributed by atoms with Crippen LogP contribution in [0, 0.1) is 0 Å². The standard InChI is InChI=1S/C8H19NOS/c1-4-8(9)6-11-5-7(2)10-3/h7-8H,4-6,9H2,1-3H3. The van der Waals surface area contributed by atoms with E-state index in [9.17, 15) is 0 Å². The van der Waals surface area contributed by atoms with Crippen molar-refractivity contribution in [2.24, 2.45) is 5.73 Å². The van der Waals surface area contributed by atoms with Crippen molar-refractivity contribution >= 4 is 11.8 Å². The topological polar surface area (TPSA) is 35.2 Å². The number of rotatable bonds is 6. The van der Waals surface area contributed by atoms with Crippen molar-refractivity contribution in [3.05, 3.63) is 0 Å². The van der Waals surface area contributed by atoms with Crippen LogP contribution >= 0.6 is 11.8 Å². The summed E-state index contributed by atoms with van der Waals surface area (Å²) in [5.41, 5.74) is 5.74. The predicted octanol–water partition coefficient (Wildman–Crippen LogP) is 1.49. The lowest BCUT2D eigenvalue weighted by atomic mass is 10.3. The summed E-state index contributed by atoms with van der Waals surface area (Å²) in [5, 5.41) is 0. The van der Waals surface area contributed by atoms with E-state index in [0.717, 1.165) is 17.9 Å². The fraction of sp³-hybridized carbons (Fsp3) is 1.00. The normalized spacial score (nSPS) is 16.4. The second kappa shape index (κ2) is 6.95. The summed E-state index contributed by atoms with van der Waals surface area (Å²) in [6.07, 6.45) is 1.41. The zero-order valence-corrected chi connectivity index (χ0v) is 8.49. The molecule has 0 spiro atoms. The average Bonchev–Trinajstić information content (AvgIpc) is 2.04. The van der Waals surface area contributed by atoms with Gasteiger partial charge in [-0.3, -0.25) is 0 Å². The number of thioether (sulfide) groups is 1. The molecule has 0 aromatic heterocycles. The molecule has 2 nitrogen and oxygen atoms in total. The van der Waals surface area contributed by atoms with Gasteiger partial charge in [0, 0.05) is 24.7 Å². The summed E-state index contributed by atoms with van der Waals surface area (Å²) < 4.78 is 5.10. The highest BCUT2D eigenvalue weighted by atomic mass is 32.2. The van der Waals surface area contributed by atoms with Crippen molar-refractivity contribution in [2.45, 2.75) is 32.4 Å². The molecule has 0 saturated heterocycles. The van der Waals surface area contributed by atoms with Gasteiger partial charge in [-0.25, -0.2) is 0 Å². The Kier molecular flexibility index (Phi) is 7.12. The summed E-state index contributed by atoms with van der Waals surface area (Å²) in [5.74, 6) is 2.09. The van der Waals surface area contributed by atoms with Crippen molar-refractivity contribution < 1.29 is 4.74 Å². The average molecular weight is 177 g/mol. The predicted molar refractivity (Wildman–Crippen MR) is 52.1 cm³/mol. The third-order valence-corrected chi connectivity index (χ3v) is 2.98. The highest BCUT2D eigenvalue weighted by molar-refractivity contribution is 7.99. The molecule has 0 radical (unpaired) electrons. The molecule has 0 aromatic carbocycles. The van der Waals surface area contributed by atoms with Gasteiger partial charge in [-0.05, 0) is 13.3 Å². The van der Waals surface area contributed by atoms with E-state index in [-0.39, 0.29) is 0 Å². The molecule has 0 aliphatic carbocycles. The van der Waals surface area contributed by atoms with Gasteiger partial charge in [-0.15, -0.1) is 0 Å². The van der Waals surface area contributed by atoms with E-state index in [1.165, 1.54) is 0 Å². The first-order valence-electron chi connectivity index (χ1n) is 4.06. The van der Waals surface area contributed by atoms with Crippen molar-refractivity contribution in [3.63, 3.8) is 0 Å². The van der Waals surface area contributed by atoms with E-state index in [1.807, 2.05) is 11.8 Å². The lowest BCUT2D eigenvalue weighted by molar-refractivity contribution is 0.138. The van der Waals surface area contributed by atoms with Crippen LogP contribution in [0.3, 0.4) is 0 Å². The minimum absolute atomic E-state index is 0.351. The van der Waals surface area contributed by atoms with E-state index in [0.29, 0.717) is 12.1 Å². The van der Waals surface area contributed by atoms with Crippen LogP contribution in [0.4, 0.5) is 0 Å². The number of hydrogen-bond donors (Lipinski definition) is 1. The second-order valence-corrected chi connectivity index (χ2v) is 3.83. The van der Waals surface area contributed by atoms with Gasteiger partial charge >= 0.3 is 0 Å². The van der Waals surface area contributed by atoms with Gasteiger partial charge in [0.2, 0.25) is 0 Å². The maximum absolute atomic E-state index is 5.74. The highest BCUT2D eigenvalue weighted by Crippen LogP contribution is 2.06. The molecule has 11 heavy (non-hydrogen) atoms. The van der Waals surface area contributed by atoms with Crippen LogP contribution in [0.2, 0.25) is 0 Å². The Balaban J connectivity index is 3.13. The zero-order chi connectivity index (χ0) is 8.69. The molecule has 0 aliphatic heterocycles. The van der Waals surface area contributed by atoms with Crippen molar-refractivity contribution in [2.75, 3.05) is 18.6 Å². The molecule has 2 N–H and O–H groups in total. The summed E-state index contributed by atoms with van der Waals surface area (Å²) in [7, 11) is 1.74. The van der Waals surface area contributed by atoms with Crippen LogP contribution in [-0.2, 0) is 4.74 Å². The molecule has 0 amide bonds. The molecule has 0 aliphatic rings. The van der Waals surface area contributed by atoms with E-state index < -0.39 is 0 Å². The van der Waals surface area contributed by atoms with Gasteiger partial charge in [-0.2, -0.15) is 11.8 Å². The molecule has 0 rings (SSSR count). The van der Waals surface area contributed by atoms with Crippen molar-refractivity contribution in [1.29, 1.82) is 0 Å². The summed E-state index contributed by atoms with van der Waals surface area (Å²) in [4.78, 5) is 0. The van der Waals surface area contributed by atoms with Crippen LogP contribution in [0.5, 0.6) is 0 Å². The maximum Gasteiger partial charge on any atom is 0.0633 e. The first kappa shape index (κ1) is 11.3. The van der Waals surface area contributed by atoms with Crippen LogP contribution < -0.4 is 5.73 Å². The summed E-state index contributed by atoms with van der Waals surface area (Å²) in [6, 6.07) is 0.351. The number of hydrogen-bond acceptors (Lipinski definition) is 3. The molecule has 0 heterocycles. The minimum Gasteiger partial charge on any atom is -0.381 e.